The summed E-state index contributed by atoms with van der Waals surface area (Å²) in [7, 11) is 1.61. The van der Waals surface area contributed by atoms with Crippen LogP contribution in [0, 0.1) is 0 Å². The summed E-state index contributed by atoms with van der Waals surface area (Å²) >= 11 is 6.27. The number of anilines is 1. The lowest BCUT2D eigenvalue weighted by Crippen LogP contribution is -2.30. The van der Waals surface area contributed by atoms with E-state index in [9.17, 15) is 9.59 Å². The molecule has 3 heterocycles. The molecule has 0 saturated carbocycles. The van der Waals surface area contributed by atoms with Gasteiger partial charge in [0.1, 0.15) is 10.6 Å². The first-order valence-corrected chi connectivity index (χ1v) is 14.2. The highest BCUT2D eigenvalue weighted by Gasteiger charge is 2.25. The van der Waals surface area contributed by atoms with Crippen molar-refractivity contribution in [3.05, 3.63) is 73.8 Å². The van der Waals surface area contributed by atoms with Gasteiger partial charge >= 0.3 is 0 Å². The SMILES string of the molecule is CCN1CCc2c(sc3nc(SCC(=O)Nc4cccc(Br)c4)n(-c4ccc(OC)cc4)c(=O)c23)C1. The van der Waals surface area contributed by atoms with Gasteiger partial charge in [-0.2, -0.15) is 0 Å². The second-order valence-corrected chi connectivity index (χ2v) is 11.3. The van der Waals surface area contributed by atoms with E-state index >= 15 is 0 Å². The molecule has 0 saturated heterocycles. The molecule has 4 aromatic rings. The van der Waals surface area contributed by atoms with Gasteiger partial charge in [-0.25, -0.2) is 4.98 Å². The molecule has 1 aliphatic heterocycles. The molecule has 10 heteroatoms. The fraction of sp³-hybridized carbons (Fsp3) is 0.269. The van der Waals surface area contributed by atoms with E-state index in [1.807, 2.05) is 48.5 Å². The summed E-state index contributed by atoms with van der Waals surface area (Å²) in [4.78, 5) is 35.9. The van der Waals surface area contributed by atoms with E-state index in [2.05, 4.69) is 33.1 Å². The predicted molar refractivity (Wildman–Crippen MR) is 150 cm³/mol. The number of benzene rings is 2. The Balaban J connectivity index is 1.52. The van der Waals surface area contributed by atoms with E-state index < -0.39 is 0 Å². The Kier molecular flexibility index (Phi) is 7.47. The smallest absolute Gasteiger partial charge is 0.267 e. The summed E-state index contributed by atoms with van der Waals surface area (Å²) in [6.07, 6.45) is 0.838. The first-order valence-electron chi connectivity index (χ1n) is 11.6. The Hall–Kier alpha value is -2.66. The van der Waals surface area contributed by atoms with E-state index in [1.54, 1.807) is 23.0 Å². The van der Waals surface area contributed by atoms with Gasteiger partial charge in [0.2, 0.25) is 5.91 Å². The van der Waals surface area contributed by atoms with Crippen molar-refractivity contribution in [2.75, 3.05) is 31.3 Å². The van der Waals surface area contributed by atoms with Crippen LogP contribution in [0.5, 0.6) is 5.75 Å². The van der Waals surface area contributed by atoms with E-state index in [0.717, 1.165) is 40.9 Å². The van der Waals surface area contributed by atoms with Crippen molar-refractivity contribution in [1.29, 1.82) is 0 Å². The quantitative estimate of drug-likeness (QED) is 0.234. The number of nitrogens with zero attached hydrogens (tertiary/aromatic N) is 3. The normalized spacial score (nSPS) is 13.5. The first kappa shape index (κ1) is 25.0. The highest BCUT2D eigenvalue weighted by Crippen LogP contribution is 2.34. The van der Waals surface area contributed by atoms with Crippen LogP contribution >= 0.6 is 39.0 Å². The molecule has 186 valence electrons. The Bertz CT molecular complexity index is 1480. The molecule has 0 atom stereocenters. The number of ether oxygens (including phenoxy) is 1. The molecule has 2 aromatic carbocycles. The molecule has 0 bridgehead atoms. The van der Waals surface area contributed by atoms with Gasteiger partial charge in [-0.3, -0.25) is 19.1 Å². The van der Waals surface area contributed by atoms with Crippen LogP contribution in [0.15, 0.2) is 63.0 Å². The van der Waals surface area contributed by atoms with E-state index in [4.69, 9.17) is 9.72 Å². The highest BCUT2D eigenvalue weighted by molar-refractivity contribution is 9.10. The number of thiophene rings is 1. The minimum absolute atomic E-state index is 0.0949. The van der Waals surface area contributed by atoms with Crippen molar-refractivity contribution in [1.82, 2.24) is 14.5 Å². The first-order chi connectivity index (χ1) is 17.5. The van der Waals surface area contributed by atoms with Crippen LogP contribution in [0.1, 0.15) is 17.4 Å². The number of halogens is 1. The summed E-state index contributed by atoms with van der Waals surface area (Å²) in [6, 6.07) is 14.8. The minimum Gasteiger partial charge on any atom is -0.497 e. The zero-order valence-electron chi connectivity index (χ0n) is 19.9. The second kappa shape index (κ2) is 10.8. The standard InChI is InChI=1S/C26H25BrN4O3S2/c1-3-30-12-11-20-21(14-30)36-24-23(20)25(33)31(18-7-9-19(34-2)10-8-18)26(29-24)35-15-22(32)28-17-6-4-5-16(27)13-17/h4-10,13H,3,11-12,14-15H2,1-2H3,(H,28,32). The highest BCUT2D eigenvalue weighted by atomic mass is 79.9. The van der Waals surface area contributed by atoms with Gasteiger partial charge in [0.25, 0.3) is 5.56 Å². The molecule has 0 unspecified atom stereocenters. The van der Waals surface area contributed by atoms with Crippen LogP contribution in [-0.2, 0) is 17.8 Å². The fourth-order valence-electron chi connectivity index (χ4n) is 4.30. The van der Waals surface area contributed by atoms with E-state index in [-0.39, 0.29) is 17.2 Å². The van der Waals surface area contributed by atoms with Gasteiger partial charge in [0.15, 0.2) is 5.16 Å². The maximum atomic E-state index is 13.9. The van der Waals surface area contributed by atoms with E-state index in [0.29, 0.717) is 27.7 Å². The number of hydrogen-bond acceptors (Lipinski definition) is 7. The van der Waals surface area contributed by atoms with Gasteiger partial charge in [-0.1, -0.05) is 40.7 Å². The van der Waals surface area contributed by atoms with Crippen LogP contribution in [-0.4, -0.2) is 46.3 Å². The molecule has 0 spiro atoms. The van der Waals surface area contributed by atoms with Crippen molar-refractivity contribution >= 4 is 60.8 Å². The number of fused-ring (bicyclic) bond motifs is 3. The number of nitrogens with one attached hydrogen (secondary N) is 1. The lowest BCUT2D eigenvalue weighted by atomic mass is 10.1. The van der Waals surface area contributed by atoms with E-state index in [1.165, 1.54) is 16.6 Å². The van der Waals surface area contributed by atoms with Crippen molar-refractivity contribution in [3.63, 3.8) is 0 Å². The molecule has 2 aromatic heterocycles. The number of thioether (sulfide) groups is 1. The van der Waals surface area contributed by atoms with Crippen LogP contribution in [0.4, 0.5) is 5.69 Å². The van der Waals surface area contributed by atoms with Gasteiger partial charge < -0.3 is 10.1 Å². The number of carbonyl (C=O) groups excluding carboxylic acids is 1. The molecular formula is C26H25BrN4O3S2. The monoisotopic (exact) mass is 584 g/mol. The summed E-state index contributed by atoms with van der Waals surface area (Å²) in [5.74, 6) is 0.656. The Morgan fingerprint density at radius 3 is 2.78 bits per heavy atom. The third-order valence-corrected chi connectivity index (χ3v) is 8.68. The lowest BCUT2D eigenvalue weighted by Gasteiger charge is -2.25. The molecular weight excluding hydrogens is 560 g/mol. The van der Waals surface area contributed by atoms with Gasteiger partial charge in [0, 0.05) is 28.1 Å². The molecule has 1 aliphatic rings. The minimum atomic E-state index is -0.169. The Morgan fingerprint density at radius 2 is 2.06 bits per heavy atom. The van der Waals surface area contributed by atoms with Crippen molar-refractivity contribution in [2.45, 2.75) is 25.0 Å². The molecule has 7 nitrogen and oxygen atoms in total. The van der Waals surface area contributed by atoms with Gasteiger partial charge in [-0.15, -0.1) is 11.3 Å². The second-order valence-electron chi connectivity index (χ2n) is 8.38. The number of carbonyl (C=O) groups is 1. The zero-order valence-corrected chi connectivity index (χ0v) is 23.1. The topological polar surface area (TPSA) is 76.5 Å². The van der Waals surface area contributed by atoms with Crippen molar-refractivity contribution in [2.24, 2.45) is 0 Å². The summed E-state index contributed by atoms with van der Waals surface area (Å²) in [6.45, 7) is 4.91. The average molecular weight is 586 g/mol. The Labute approximate surface area is 225 Å². The number of amides is 1. The van der Waals surface area contributed by atoms with Gasteiger partial charge in [-0.05, 0) is 61.0 Å². The summed E-state index contributed by atoms with van der Waals surface area (Å²) in [5.41, 5.74) is 2.42. The number of aromatic nitrogens is 2. The zero-order chi connectivity index (χ0) is 25.2. The Morgan fingerprint density at radius 1 is 1.25 bits per heavy atom. The maximum Gasteiger partial charge on any atom is 0.267 e. The molecule has 0 fully saturated rings. The number of hydrogen-bond donors (Lipinski definition) is 1. The molecule has 1 N–H and O–H groups in total. The summed E-state index contributed by atoms with van der Waals surface area (Å²) < 4.78 is 7.80. The summed E-state index contributed by atoms with van der Waals surface area (Å²) in [5, 5.41) is 4.10. The van der Waals surface area contributed by atoms with Crippen molar-refractivity contribution < 1.29 is 9.53 Å². The largest absolute Gasteiger partial charge is 0.497 e. The molecule has 36 heavy (non-hydrogen) atoms. The van der Waals surface area contributed by atoms with Gasteiger partial charge in [0.05, 0.1) is 23.9 Å². The molecule has 0 radical (unpaired) electrons. The van der Waals surface area contributed by atoms with Crippen LogP contribution < -0.4 is 15.6 Å². The van der Waals surface area contributed by atoms with Crippen LogP contribution in [0.3, 0.4) is 0 Å². The fourth-order valence-corrected chi connectivity index (χ4v) is 6.81. The van der Waals surface area contributed by atoms with Crippen LogP contribution in [0.25, 0.3) is 15.9 Å². The third kappa shape index (κ3) is 5.08. The average Bonchev–Trinajstić information content (AvgIpc) is 3.25. The molecule has 5 rings (SSSR count). The van der Waals surface area contributed by atoms with Crippen molar-refractivity contribution in [3.8, 4) is 11.4 Å². The number of likely N-dealkylation sites (N-methyl/N-ethyl adjacent to an activating group) is 1. The predicted octanol–water partition coefficient (Wildman–Crippen LogP) is 5.33. The molecule has 0 aliphatic carbocycles. The number of methoxy groups -OCH3 is 1. The maximum absolute atomic E-state index is 13.9. The molecule has 1 amide bonds. The lowest BCUT2D eigenvalue weighted by molar-refractivity contribution is -0.113. The number of rotatable bonds is 7. The van der Waals surface area contributed by atoms with Crippen LogP contribution in [0.2, 0.25) is 0 Å². The third-order valence-electron chi connectivity index (χ3n) is 6.14.